The van der Waals surface area contributed by atoms with E-state index in [0.29, 0.717) is 12.5 Å². The molecule has 7 heteroatoms. The molecule has 2 aromatic heterocycles. The fraction of sp³-hybridized carbons (Fsp3) is 0.462. The van der Waals surface area contributed by atoms with Crippen molar-refractivity contribution in [1.82, 2.24) is 14.9 Å². The molecule has 0 unspecified atom stereocenters. The summed E-state index contributed by atoms with van der Waals surface area (Å²) in [6.45, 7) is 4.70. The molecule has 1 saturated heterocycles. The third-order valence-corrected chi connectivity index (χ3v) is 4.20. The first kappa shape index (κ1) is 13.1. The molecular formula is C13H17N5OS. The highest BCUT2D eigenvalue weighted by Crippen LogP contribution is 2.29. The molecule has 1 fully saturated rings. The summed E-state index contributed by atoms with van der Waals surface area (Å²) >= 11 is 1.59. The van der Waals surface area contributed by atoms with E-state index in [1.807, 2.05) is 30.3 Å². The lowest BCUT2D eigenvalue weighted by Gasteiger charge is -2.33. The third kappa shape index (κ3) is 2.29. The molecule has 2 aromatic rings. The minimum atomic E-state index is 0.128. The van der Waals surface area contributed by atoms with Gasteiger partial charge in [-0.3, -0.25) is 4.79 Å². The van der Waals surface area contributed by atoms with E-state index in [-0.39, 0.29) is 5.91 Å². The number of fused-ring (bicyclic) bond motifs is 1. The SMILES string of the molecule is CCNc1nc(N2CCN(C)C(=O)C2)c2ccsc2n1. The predicted molar refractivity (Wildman–Crippen MR) is 81.4 cm³/mol. The van der Waals surface area contributed by atoms with Crippen LogP contribution in [-0.4, -0.2) is 54.0 Å². The van der Waals surface area contributed by atoms with E-state index >= 15 is 0 Å². The number of carbonyl (C=O) groups excluding carboxylic acids is 1. The van der Waals surface area contributed by atoms with Crippen LogP contribution >= 0.6 is 11.3 Å². The zero-order chi connectivity index (χ0) is 14.1. The number of thiophene rings is 1. The van der Waals surface area contributed by atoms with Gasteiger partial charge in [-0.25, -0.2) is 4.98 Å². The standard InChI is InChI=1S/C13H17N5OS/c1-3-14-13-15-11(9-4-7-20-12(9)16-13)18-6-5-17(2)10(19)8-18/h4,7H,3,5-6,8H2,1-2H3,(H,14,15,16). The van der Waals surface area contributed by atoms with E-state index in [4.69, 9.17) is 0 Å². The number of nitrogens with one attached hydrogen (secondary N) is 1. The Balaban J connectivity index is 2.00. The summed E-state index contributed by atoms with van der Waals surface area (Å²) in [5.41, 5.74) is 0. The minimum absolute atomic E-state index is 0.128. The number of nitrogens with zero attached hydrogens (tertiary/aromatic N) is 4. The first-order valence-corrected chi connectivity index (χ1v) is 7.55. The van der Waals surface area contributed by atoms with Crippen molar-refractivity contribution in [2.45, 2.75) is 6.92 Å². The summed E-state index contributed by atoms with van der Waals surface area (Å²) in [7, 11) is 1.84. The second-order valence-electron chi connectivity index (χ2n) is 4.78. The van der Waals surface area contributed by atoms with Crippen molar-refractivity contribution in [3.63, 3.8) is 0 Å². The van der Waals surface area contributed by atoms with Crippen LogP contribution in [0, 0.1) is 0 Å². The Hall–Kier alpha value is -1.89. The molecular weight excluding hydrogens is 274 g/mol. The number of anilines is 2. The van der Waals surface area contributed by atoms with Crippen LogP contribution in [0.5, 0.6) is 0 Å². The van der Waals surface area contributed by atoms with E-state index in [1.54, 1.807) is 16.2 Å². The third-order valence-electron chi connectivity index (χ3n) is 3.40. The van der Waals surface area contributed by atoms with Gasteiger partial charge in [0.1, 0.15) is 10.6 Å². The van der Waals surface area contributed by atoms with Gasteiger partial charge >= 0.3 is 0 Å². The Morgan fingerprint density at radius 2 is 2.25 bits per heavy atom. The van der Waals surface area contributed by atoms with E-state index < -0.39 is 0 Å². The van der Waals surface area contributed by atoms with E-state index in [1.165, 1.54) is 0 Å². The molecule has 1 amide bonds. The minimum Gasteiger partial charge on any atom is -0.354 e. The summed E-state index contributed by atoms with van der Waals surface area (Å²) < 4.78 is 0. The Labute approximate surface area is 121 Å². The lowest BCUT2D eigenvalue weighted by atomic mass is 10.3. The maximum atomic E-state index is 11.9. The van der Waals surface area contributed by atoms with Gasteiger partial charge in [-0.05, 0) is 18.4 Å². The molecule has 0 atom stereocenters. The predicted octanol–water partition coefficient (Wildman–Crippen LogP) is 1.40. The smallest absolute Gasteiger partial charge is 0.241 e. The fourth-order valence-electron chi connectivity index (χ4n) is 2.26. The average Bonchev–Trinajstić information content (AvgIpc) is 2.89. The van der Waals surface area contributed by atoms with Crippen molar-refractivity contribution in [1.29, 1.82) is 0 Å². The molecule has 106 valence electrons. The van der Waals surface area contributed by atoms with Crippen LogP contribution in [0.2, 0.25) is 0 Å². The average molecular weight is 291 g/mol. The maximum Gasteiger partial charge on any atom is 0.241 e. The normalized spacial score (nSPS) is 16.0. The molecule has 0 bridgehead atoms. The number of rotatable bonds is 3. The van der Waals surface area contributed by atoms with Crippen molar-refractivity contribution in [3.05, 3.63) is 11.4 Å². The highest BCUT2D eigenvalue weighted by molar-refractivity contribution is 7.16. The first-order valence-electron chi connectivity index (χ1n) is 6.67. The van der Waals surface area contributed by atoms with Crippen molar-refractivity contribution in [2.24, 2.45) is 0 Å². The molecule has 0 aromatic carbocycles. The van der Waals surface area contributed by atoms with Crippen LogP contribution in [0.3, 0.4) is 0 Å². The van der Waals surface area contributed by atoms with Crippen LogP contribution in [0.15, 0.2) is 11.4 Å². The monoisotopic (exact) mass is 291 g/mol. The number of amides is 1. The molecule has 3 heterocycles. The fourth-order valence-corrected chi connectivity index (χ4v) is 3.02. The molecule has 1 aliphatic heterocycles. The maximum absolute atomic E-state index is 11.9. The summed E-state index contributed by atoms with van der Waals surface area (Å²) in [5, 5.41) is 6.18. The van der Waals surface area contributed by atoms with Crippen LogP contribution in [0.25, 0.3) is 10.2 Å². The van der Waals surface area contributed by atoms with Crippen LogP contribution < -0.4 is 10.2 Å². The van der Waals surface area contributed by atoms with Gasteiger partial charge in [0.15, 0.2) is 0 Å². The van der Waals surface area contributed by atoms with Gasteiger partial charge in [0.2, 0.25) is 11.9 Å². The van der Waals surface area contributed by atoms with Crippen molar-refractivity contribution >= 4 is 39.2 Å². The lowest BCUT2D eigenvalue weighted by Crippen LogP contribution is -2.48. The molecule has 0 aliphatic carbocycles. The van der Waals surface area contributed by atoms with Gasteiger partial charge in [-0.1, -0.05) is 0 Å². The van der Waals surface area contributed by atoms with Gasteiger partial charge in [0.25, 0.3) is 0 Å². The Bertz CT molecular complexity index is 641. The van der Waals surface area contributed by atoms with Crippen molar-refractivity contribution in [3.8, 4) is 0 Å². The molecule has 0 saturated carbocycles. The second kappa shape index (κ2) is 5.24. The van der Waals surface area contributed by atoms with Gasteiger partial charge < -0.3 is 15.1 Å². The number of hydrogen-bond donors (Lipinski definition) is 1. The first-order chi connectivity index (χ1) is 9.69. The quantitative estimate of drug-likeness (QED) is 0.926. The topological polar surface area (TPSA) is 61.4 Å². The zero-order valence-electron chi connectivity index (χ0n) is 11.6. The van der Waals surface area contributed by atoms with Crippen LogP contribution in [0.4, 0.5) is 11.8 Å². The molecule has 0 spiro atoms. The molecule has 0 radical (unpaired) electrons. The van der Waals surface area contributed by atoms with E-state index in [9.17, 15) is 4.79 Å². The number of likely N-dealkylation sites (N-methyl/N-ethyl adjacent to an activating group) is 1. The summed E-state index contributed by atoms with van der Waals surface area (Å²) in [5.74, 6) is 1.61. The number of hydrogen-bond acceptors (Lipinski definition) is 6. The molecule has 1 aliphatic rings. The second-order valence-corrected chi connectivity index (χ2v) is 5.67. The molecule has 3 rings (SSSR count). The number of carbonyl (C=O) groups is 1. The van der Waals surface area contributed by atoms with Gasteiger partial charge in [-0.2, -0.15) is 4.98 Å². The Morgan fingerprint density at radius 1 is 1.40 bits per heavy atom. The molecule has 20 heavy (non-hydrogen) atoms. The summed E-state index contributed by atoms with van der Waals surface area (Å²) in [6.07, 6.45) is 0. The van der Waals surface area contributed by atoms with Crippen molar-refractivity contribution < 1.29 is 4.79 Å². The zero-order valence-corrected chi connectivity index (χ0v) is 12.4. The summed E-state index contributed by atoms with van der Waals surface area (Å²) in [6, 6.07) is 2.02. The van der Waals surface area contributed by atoms with Gasteiger partial charge in [-0.15, -0.1) is 11.3 Å². The van der Waals surface area contributed by atoms with E-state index in [2.05, 4.69) is 15.3 Å². The number of piperazine rings is 1. The highest BCUT2D eigenvalue weighted by Gasteiger charge is 2.24. The van der Waals surface area contributed by atoms with Crippen LogP contribution in [-0.2, 0) is 4.79 Å². The molecule has 6 nitrogen and oxygen atoms in total. The van der Waals surface area contributed by atoms with Crippen LogP contribution in [0.1, 0.15) is 6.92 Å². The van der Waals surface area contributed by atoms with Crippen molar-refractivity contribution in [2.75, 3.05) is 43.4 Å². The number of aromatic nitrogens is 2. The largest absolute Gasteiger partial charge is 0.354 e. The van der Waals surface area contributed by atoms with E-state index in [0.717, 1.165) is 35.7 Å². The van der Waals surface area contributed by atoms with Gasteiger partial charge in [0, 0.05) is 26.7 Å². The lowest BCUT2D eigenvalue weighted by molar-refractivity contribution is -0.129. The molecule has 1 N–H and O–H groups in total. The highest BCUT2D eigenvalue weighted by atomic mass is 32.1. The van der Waals surface area contributed by atoms with Gasteiger partial charge in [0.05, 0.1) is 11.9 Å². The summed E-state index contributed by atoms with van der Waals surface area (Å²) in [4.78, 5) is 25.7. The Morgan fingerprint density at radius 3 is 3.00 bits per heavy atom. The Kier molecular flexibility index (Phi) is 3.43.